The van der Waals surface area contributed by atoms with Gasteiger partial charge in [-0.05, 0) is 23.8 Å². The second kappa shape index (κ2) is 7.85. The van der Waals surface area contributed by atoms with Crippen LogP contribution in [0.3, 0.4) is 0 Å². The summed E-state index contributed by atoms with van der Waals surface area (Å²) in [7, 11) is 5.18. The molecule has 0 aliphatic heterocycles. The van der Waals surface area contributed by atoms with Gasteiger partial charge in [0.1, 0.15) is 5.01 Å². The first-order valence-electron chi connectivity index (χ1n) is 7.88. The minimum atomic E-state index is 0.695. The van der Waals surface area contributed by atoms with Crippen LogP contribution in [-0.2, 0) is 0 Å². The zero-order valence-electron chi connectivity index (χ0n) is 14.4. The number of methoxy groups -OCH3 is 2. The van der Waals surface area contributed by atoms with Crippen molar-refractivity contribution >= 4 is 39.4 Å². The van der Waals surface area contributed by atoms with Gasteiger partial charge in [-0.25, -0.2) is 4.98 Å². The van der Waals surface area contributed by atoms with E-state index in [1.54, 1.807) is 25.6 Å². The third-order valence-corrected chi connectivity index (χ3v) is 4.73. The Morgan fingerprint density at radius 3 is 2.32 bits per heavy atom. The van der Waals surface area contributed by atoms with E-state index >= 15 is 0 Å². The second-order valence-corrected chi connectivity index (χ2v) is 6.38. The number of ether oxygens (including phenoxy) is 2. The normalized spacial score (nSPS) is 11.5. The molecule has 0 aliphatic rings. The highest BCUT2D eigenvalue weighted by Gasteiger charge is 2.09. The van der Waals surface area contributed by atoms with Gasteiger partial charge in [-0.3, -0.25) is 0 Å². The number of benzene rings is 2. The third kappa shape index (κ3) is 4.00. The predicted molar refractivity (Wildman–Crippen MR) is 107 cm³/mol. The Morgan fingerprint density at radius 1 is 0.960 bits per heavy atom. The topological polar surface area (TPSA) is 43.4 Å². The number of fused-ring (bicyclic) bond motifs is 1. The summed E-state index contributed by atoms with van der Waals surface area (Å²) < 4.78 is 11.7. The van der Waals surface area contributed by atoms with Crippen molar-refractivity contribution in [2.45, 2.75) is 0 Å². The van der Waals surface area contributed by atoms with Gasteiger partial charge in [0.2, 0.25) is 0 Å². The van der Waals surface area contributed by atoms with E-state index in [-0.39, 0.29) is 0 Å². The first kappa shape index (κ1) is 17.0. The molecule has 128 valence electrons. The van der Waals surface area contributed by atoms with Crippen LogP contribution in [0.15, 0.2) is 48.6 Å². The molecule has 2 aromatic carbocycles. The van der Waals surface area contributed by atoms with Gasteiger partial charge in [-0.15, -0.1) is 11.3 Å². The fraction of sp³-hybridized carbons (Fsp3) is 0.150. The van der Waals surface area contributed by atoms with Gasteiger partial charge >= 0.3 is 0 Å². The van der Waals surface area contributed by atoms with Gasteiger partial charge < -0.3 is 14.8 Å². The van der Waals surface area contributed by atoms with Gasteiger partial charge in [0.15, 0.2) is 11.5 Å². The Kier molecular flexibility index (Phi) is 5.36. The smallest absolute Gasteiger partial charge is 0.162 e. The molecule has 0 atom stereocenters. The monoisotopic (exact) mass is 352 g/mol. The van der Waals surface area contributed by atoms with Crippen molar-refractivity contribution in [2.75, 3.05) is 26.6 Å². The van der Waals surface area contributed by atoms with Crippen molar-refractivity contribution < 1.29 is 9.47 Å². The summed E-state index contributed by atoms with van der Waals surface area (Å²) in [6.45, 7) is 0. The van der Waals surface area contributed by atoms with E-state index in [1.165, 1.54) is 0 Å². The molecular formula is C20H20N2O2S. The molecule has 4 nitrogen and oxygen atoms in total. The SMILES string of the molecule is CNc1ccc(/C=C/C=C/c2nc3cc(OC)c(OC)cc3s2)cc1. The average molecular weight is 352 g/mol. The fourth-order valence-corrected chi connectivity index (χ4v) is 3.30. The Balaban J connectivity index is 1.75. The number of hydrogen-bond acceptors (Lipinski definition) is 5. The molecule has 0 bridgehead atoms. The van der Waals surface area contributed by atoms with Crippen molar-refractivity contribution in [1.82, 2.24) is 4.98 Å². The maximum absolute atomic E-state index is 5.34. The lowest BCUT2D eigenvalue weighted by molar-refractivity contribution is 0.356. The van der Waals surface area contributed by atoms with Crippen molar-refractivity contribution in [1.29, 1.82) is 0 Å². The number of hydrogen-bond donors (Lipinski definition) is 1. The molecule has 25 heavy (non-hydrogen) atoms. The fourth-order valence-electron chi connectivity index (χ4n) is 2.41. The number of nitrogens with one attached hydrogen (secondary N) is 1. The Hall–Kier alpha value is -2.79. The van der Waals surface area contributed by atoms with E-state index in [0.717, 1.165) is 32.2 Å². The number of nitrogens with zero attached hydrogens (tertiary/aromatic N) is 1. The first-order chi connectivity index (χ1) is 12.2. The van der Waals surface area contributed by atoms with Crippen molar-refractivity contribution in [3.8, 4) is 11.5 Å². The van der Waals surface area contributed by atoms with Gasteiger partial charge in [-0.1, -0.05) is 30.4 Å². The van der Waals surface area contributed by atoms with Crippen LogP contribution in [0.2, 0.25) is 0 Å². The van der Waals surface area contributed by atoms with E-state index in [2.05, 4.69) is 40.6 Å². The summed E-state index contributed by atoms with van der Waals surface area (Å²) in [5, 5.41) is 4.05. The molecule has 3 aromatic rings. The van der Waals surface area contributed by atoms with Crippen molar-refractivity contribution in [3.05, 3.63) is 59.1 Å². The van der Waals surface area contributed by atoms with Crippen LogP contribution < -0.4 is 14.8 Å². The molecule has 0 saturated carbocycles. The van der Waals surface area contributed by atoms with E-state index in [9.17, 15) is 0 Å². The van der Waals surface area contributed by atoms with Crippen LogP contribution in [0.5, 0.6) is 11.5 Å². The van der Waals surface area contributed by atoms with Gasteiger partial charge in [0.25, 0.3) is 0 Å². The zero-order valence-corrected chi connectivity index (χ0v) is 15.3. The standard InChI is InChI=1S/C20H20N2O2S/c1-21-15-10-8-14(9-11-15)6-4-5-7-20-22-16-12-17(23-2)18(24-3)13-19(16)25-20/h4-13,21H,1-3H3/b6-4+,7-5+. The highest BCUT2D eigenvalue weighted by Crippen LogP contribution is 2.34. The van der Waals surface area contributed by atoms with E-state index in [0.29, 0.717) is 5.75 Å². The molecule has 0 unspecified atom stereocenters. The first-order valence-corrected chi connectivity index (χ1v) is 8.70. The van der Waals surface area contributed by atoms with Crippen LogP contribution in [0.25, 0.3) is 22.4 Å². The molecule has 0 radical (unpaired) electrons. The Bertz CT molecular complexity index is 870. The molecule has 1 aromatic heterocycles. The van der Waals surface area contributed by atoms with Gasteiger partial charge in [-0.2, -0.15) is 0 Å². The molecule has 0 amide bonds. The Morgan fingerprint density at radius 2 is 1.64 bits per heavy atom. The van der Waals surface area contributed by atoms with Crippen LogP contribution in [0, 0.1) is 0 Å². The summed E-state index contributed by atoms with van der Waals surface area (Å²) in [4.78, 5) is 4.62. The summed E-state index contributed by atoms with van der Waals surface area (Å²) in [6.07, 6.45) is 8.08. The van der Waals surface area contributed by atoms with E-state index < -0.39 is 0 Å². The minimum Gasteiger partial charge on any atom is -0.493 e. The number of rotatable bonds is 6. The molecule has 0 aliphatic carbocycles. The summed E-state index contributed by atoms with van der Waals surface area (Å²) in [6, 6.07) is 12.1. The predicted octanol–water partition coefficient (Wildman–Crippen LogP) is 5.08. The Labute approximate surface area is 151 Å². The van der Waals surface area contributed by atoms with Crippen molar-refractivity contribution in [3.63, 3.8) is 0 Å². The lowest BCUT2D eigenvalue weighted by atomic mass is 10.2. The molecule has 0 saturated heterocycles. The summed E-state index contributed by atoms with van der Waals surface area (Å²) in [5.41, 5.74) is 3.17. The minimum absolute atomic E-state index is 0.695. The van der Waals surface area contributed by atoms with Crippen LogP contribution in [0.1, 0.15) is 10.6 Å². The second-order valence-electron chi connectivity index (χ2n) is 5.32. The molecule has 0 spiro atoms. The molecular weight excluding hydrogens is 332 g/mol. The quantitative estimate of drug-likeness (QED) is 0.628. The van der Waals surface area contributed by atoms with Gasteiger partial charge in [0.05, 0.1) is 24.4 Å². The molecule has 5 heteroatoms. The number of thiazole rings is 1. The van der Waals surface area contributed by atoms with Gasteiger partial charge in [0, 0.05) is 24.9 Å². The lowest BCUT2D eigenvalue weighted by Gasteiger charge is -2.05. The highest BCUT2D eigenvalue weighted by atomic mass is 32.1. The zero-order chi connectivity index (χ0) is 17.6. The van der Waals surface area contributed by atoms with E-state index in [4.69, 9.17) is 9.47 Å². The van der Waals surface area contributed by atoms with Crippen LogP contribution in [-0.4, -0.2) is 26.3 Å². The maximum Gasteiger partial charge on any atom is 0.162 e. The molecule has 1 heterocycles. The van der Waals surface area contributed by atoms with Crippen LogP contribution >= 0.6 is 11.3 Å². The largest absolute Gasteiger partial charge is 0.493 e. The van der Waals surface area contributed by atoms with Crippen molar-refractivity contribution in [2.24, 2.45) is 0 Å². The highest BCUT2D eigenvalue weighted by molar-refractivity contribution is 7.19. The summed E-state index contributed by atoms with van der Waals surface area (Å²) >= 11 is 1.62. The third-order valence-electron chi connectivity index (χ3n) is 3.75. The molecule has 3 rings (SSSR count). The maximum atomic E-state index is 5.34. The number of anilines is 1. The summed E-state index contributed by atoms with van der Waals surface area (Å²) in [5.74, 6) is 1.42. The average Bonchev–Trinajstić information content (AvgIpc) is 3.06. The van der Waals surface area contributed by atoms with Crippen LogP contribution in [0.4, 0.5) is 5.69 Å². The molecule has 0 fully saturated rings. The molecule has 1 N–H and O–H groups in total. The van der Waals surface area contributed by atoms with E-state index in [1.807, 2.05) is 37.4 Å². The number of allylic oxidation sites excluding steroid dienone is 2. The lowest BCUT2D eigenvalue weighted by Crippen LogP contribution is -1.89. The number of aromatic nitrogens is 1.